The molecule has 0 unspecified atom stereocenters. The average Bonchev–Trinajstić information content (AvgIpc) is 2.39. The van der Waals surface area contributed by atoms with Crippen LogP contribution in [0.3, 0.4) is 0 Å². The molecule has 0 aromatic carbocycles. The number of hydrogen-bond acceptors (Lipinski definition) is 3. The first-order valence-corrected chi connectivity index (χ1v) is 8.64. The predicted octanol–water partition coefficient (Wildman–Crippen LogP) is 4.45. The van der Waals surface area contributed by atoms with E-state index in [0.29, 0.717) is 0 Å². The molecule has 0 saturated carbocycles. The van der Waals surface area contributed by atoms with Crippen molar-refractivity contribution in [3.8, 4) is 0 Å². The van der Waals surface area contributed by atoms with Gasteiger partial charge >= 0.3 is 7.32 Å². The van der Waals surface area contributed by atoms with Crippen LogP contribution in [0.2, 0.25) is 0 Å². The molecule has 0 heterocycles. The van der Waals surface area contributed by atoms with Crippen molar-refractivity contribution in [3.05, 3.63) is 0 Å². The molecular weight excluding hydrogens is 251 g/mol. The van der Waals surface area contributed by atoms with Gasteiger partial charge in [-0.25, -0.2) is 0 Å². The Balaban J connectivity index is 4.57. The van der Waals surface area contributed by atoms with Crippen molar-refractivity contribution in [1.29, 1.82) is 0 Å². The third-order valence-electron chi connectivity index (χ3n) is 4.06. The van der Waals surface area contributed by atoms with Gasteiger partial charge in [0.2, 0.25) is 0 Å². The molecule has 0 radical (unpaired) electrons. The Morgan fingerprint density at radius 3 is 1.30 bits per heavy atom. The van der Waals surface area contributed by atoms with Gasteiger partial charge in [-0.2, -0.15) is 0 Å². The van der Waals surface area contributed by atoms with Crippen LogP contribution in [0.1, 0.15) is 97.8 Å². The summed E-state index contributed by atoms with van der Waals surface area (Å²) in [6.45, 7) is 6.58. The first-order chi connectivity index (χ1) is 9.60. The summed E-state index contributed by atoms with van der Waals surface area (Å²) in [6, 6.07) is 0. The second-order valence-corrected chi connectivity index (χ2v) is 6.00. The normalized spacial score (nSPS) is 11.8. The Kier molecular flexibility index (Phi) is 12.6. The standard InChI is InChI=1S/C16H35BO3/c1-4-7-10-13-16(20-17(18)19,14-11-8-5-2)15-12-9-6-3/h18-19H,4-15H2,1-3H3. The van der Waals surface area contributed by atoms with E-state index < -0.39 is 7.32 Å². The van der Waals surface area contributed by atoms with Crippen LogP contribution in [0.4, 0.5) is 0 Å². The van der Waals surface area contributed by atoms with E-state index in [0.717, 1.165) is 38.5 Å². The van der Waals surface area contributed by atoms with Crippen molar-refractivity contribution >= 4 is 7.32 Å². The predicted molar refractivity (Wildman–Crippen MR) is 86.4 cm³/mol. The fourth-order valence-electron chi connectivity index (χ4n) is 2.87. The van der Waals surface area contributed by atoms with Crippen LogP contribution >= 0.6 is 0 Å². The van der Waals surface area contributed by atoms with Crippen LogP contribution in [0.15, 0.2) is 0 Å². The van der Waals surface area contributed by atoms with E-state index >= 15 is 0 Å². The first kappa shape index (κ1) is 19.9. The Labute approximate surface area is 126 Å². The van der Waals surface area contributed by atoms with E-state index in [-0.39, 0.29) is 5.60 Å². The van der Waals surface area contributed by atoms with E-state index in [9.17, 15) is 10.0 Å². The Hall–Kier alpha value is -0.0551. The van der Waals surface area contributed by atoms with Gasteiger partial charge < -0.3 is 14.7 Å². The third kappa shape index (κ3) is 9.79. The summed E-state index contributed by atoms with van der Waals surface area (Å²) < 4.78 is 5.59. The quantitative estimate of drug-likeness (QED) is 0.366. The summed E-state index contributed by atoms with van der Waals surface area (Å²) in [7, 11) is -1.64. The van der Waals surface area contributed by atoms with Gasteiger partial charge in [0.1, 0.15) is 0 Å². The van der Waals surface area contributed by atoms with E-state index in [2.05, 4.69) is 20.8 Å². The lowest BCUT2D eigenvalue weighted by molar-refractivity contribution is -0.00789. The minimum absolute atomic E-state index is 0.326. The molecule has 0 fully saturated rings. The van der Waals surface area contributed by atoms with E-state index in [1.165, 1.54) is 38.5 Å². The van der Waals surface area contributed by atoms with Gasteiger partial charge in [-0.15, -0.1) is 0 Å². The van der Waals surface area contributed by atoms with Gasteiger partial charge in [0.05, 0.1) is 5.60 Å². The van der Waals surface area contributed by atoms with Gasteiger partial charge in [0.15, 0.2) is 0 Å². The van der Waals surface area contributed by atoms with Crippen LogP contribution in [0.5, 0.6) is 0 Å². The van der Waals surface area contributed by atoms with Crippen LogP contribution in [0.25, 0.3) is 0 Å². The van der Waals surface area contributed by atoms with Crippen LogP contribution in [-0.2, 0) is 4.65 Å². The third-order valence-corrected chi connectivity index (χ3v) is 4.06. The van der Waals surface area contributed by atoms with Gasteiger partial charge in [-0.3, -0.25) is 0 Å². The zero-order valence-electron chi connectivity index (χ0n) is 13.9. The van der Waals surface area contributed by atoms with E-state index in [1.807, 2.05) is 0 Å². The molecule has 120 valence electrons. The monoisotopic (exact) mass is 286 g/mol. The molecule has 4 heteroatoms. The fourth-order valence-corrected chi connectivity index (χ4v) is 2.87. The van der Waals surface area contributed by atoms with Crippen molar-refractivity contribution in [1.82, 2.24) is 0 Å². The zero-order chi connectivity index (χ0) is 15.3. The molecule has 0 saturated heterocycles. The Bertz CT molecular complexity index is 183. The van der Waals surface area contributed by atoms with Crippen molar-refractivity contribution in [2.75, 3.05) is 0 Å². The van der Waals surface area contributed by atoms with E-state index in [4.69, 9.17) is 4.65 Å². The number of rotatable bonds is 14. The summed E-state index contributed by atoms with van der Waals surface area (Å²) >= 11 is 0. The Morgan fingerprint density at radius 2 is 1.05 bits per heavy atom. The molecule has 0 aromatic rings. The summed E-state index contributed by atoms with van der Waals surface area (Å²) in [4.78, 5) is 0. The fraction of sp³-hybridized carbons (Fsp3) is 1.00. The van der Waals surface area contributed by atoms with Crippen molar-refractivity contribution in [2.24, 2.45) is 0 Å². The minimum atomic E-state index is -1.64. The van der Waals surface area contributed by atoms with Gasteiger partial charge in [-0.05, 0) is 19.3 Å². The smallest absolute Gasteiger partial charge is 0.402 e. The van der Waals surface area contributed by atoms with Crippen molar-refractivity contribution in [3.63, 3.8) is 0 Å². The lowest BCUT2D eigenvalue weighted by atomic mass is 9.84. The first-order valence-electron chi connectivity index (χ1n) is 8.64. The molecule has 0 bridgehead atoms. The molecule has 3 nitrogen and oxygen atoms in total. The highest BCUT2D eigenvalue weighted by Crippen LogP contribution is 2.32. The molecule has 2 N–H and O–H groups in total. The summed E-state index contributed by atoms with van der Waals surface area (Å²) in [5.74, 6) is 0. The highest BCUT2D eigenvalue weighted by Gasteiger charge is 2.33. The van der Waals surface area contributed by atoms with Crippen LogP contribution in [0, 0.1) is 0 Å². The van der Waals surface area contributed by atoms with Crippen LogP contribution in [-0.4, -0.2) is 23.0 Å². The maximum Gasteiger partial charge on any atom is 0.634 e. The van der Waals surface area contributed by atoms with Crippen LogP contribution < -0.4 is 0 Å². The lowest BCUT2D eigenvalue weighted by Crippen LogP contribution is -2.39. The lowest BCUT2D eigenvalue weighted by Gasteiger charge is -2.35. The van der Waals surface area contributed by atoms with Gasteiger partial charge in [0.25, 0.3) is 0 Å². The second kappa shape index (κ2) is 12.7. The van der Waals surface area contributed by atoms with Crippen molar-refractivity contribution < 1.29 is 14.7 Å². The maximum absolute atomic E-state index is 9.29. The van der Waals surface area contributed by atoms with Gasteiger partial charge in [0, 0.05) is 0 Å². The molecule has 0 amide bonds. The highest BCUT2D eigenvalue weighted by atomic mass is 16.6. The largest absolute Gasteiger partial charge is 0.634 e. The number of hydrogen-bond donors (Lipinski definition) is 2. The molecule has 0 aliphatic carbocycles. The zero-order valence-corrected chi connectivity index (χ0v) is 13.9. The molecule has 0 aliphatic heterocycles. The molecule has 0 rings (SSSR count). The SMILES string of the molecule is CCCCCC(CCCCC)(CCCCC)OB(O)O. The maximum atomic E-state index is 9.29. The molecule has 0 aromatic heterocycles. The van der Waals surface area contributed by atoms with Gasteiger partial charge in [-0.1, -0.05) is 78.6 Å². The number of unbranched alkanes of at least 4 members (excludes halogenated alkanes) is 6. The Morgan fingerprint density at radius 1 is 0.700 bits per heavy atom. The molecule has 20 heavy (non-hydrogen) atoms. The summed E-state index contributed by atoms with van der Waals surface area (Å²) in [5, 5.41) is 18.6. The average molecular weight is 286 g/mol. The molecular formula is C16H35BO3. The topological polar surface area (TPSA) is 49.7 Å². The minimum Gasteiger partial charge on any atom is -0.402 e. The molecule has 0 spiro atoms. The molecule has 0 aliphatic rings. The van der Waals surface area contributed by atoms with E-state index in [1.54, 1.807) is 0 Å². The van der Waals surface area contributed by atoms with Crippen molar-refractivity contribution in [2.45, 2.75) is 103 Å². The molecule has 0 atom stereocenters. The highest BCUT2D eigenvalue weighted by molar-refractivity contribution is 6.32. The summed E-state index contributed by atoms with van der Waals surface area (Å²) in [6.07, 6.45) is 13.3. The second-order valence-electron chi connectivity index (χ2n) is 6.00. The summed E-state index contributed by atoms with van der Waals surface area (Å²) in [5.41, 5.74) is -0.326.